The van der Waals surface area contributed by atoms with E-state index < -0.39 is 31.1 Å². The summed E-state index contributed by atoms with van der Waals surface area (Å²) in [7, 11) is -10.7. The quantitative estimate of drug-likeness (QED) is 0.351. The van der Waals surface area contributed by atoms with Crippen molar-refractivity contribution in [3.63, 3.8) is 0 Å². The summed E-state index contributed by atoms with van der Waals surface area (Å²) in [5, 5.41) is 7.32. The third-order valence-electron chi connectivity index (χ3n) is 0.645. The number of sulfonamides is 2. The maximum Gasteiger partial charge on any atom is 0.511 e. The van der Waals surface area contributed by atoms with Crippen LogP contribution in [0, 0.1) is 0 Å². The van der Waals surface area contributed by atoms with Crippen molar-refractivity contribution in [1.82, 2.24) is 0 Å². The van der Waals surface area contributed by atoms with Gasteiger partial charge in [0.05, 0.1) is 0 Å². The van der Waals surface area contributed by atoms with Crippen LogP contribution in [0.4, 0.5) is 26.3 Å². The van der Waals surface area contributed by atoms with Crippen LogP contribution in [0.25, 0.3) is 0 Å². The molecule has 0 saturated carbocycles. The van der Waals surface area contributed by atoms with Crippen molar-refractivity contribution < 1.29 is 65.6 Å². The molecule has 0 aliphatic rings. The standard InChI is InChI=1S/2CH2F3NO2S.Au/c2*2-1(3,4)8(5,6)7;/h2*(H2,5,6,7);. The molecule has 4 N–H and O–H groups in total. The molecule has 0 spiro atoms. The van der Waals surface area contributed by atoms with Crippen molar-refractivity contribution in [1.29, 1.82) is 0 Å². The SMILES string of the molecule is NS(=O)(=O)C(F)(F)F.NS(=O)(=O)C(F)(F)F.[Au]. The van der Waals surface area contributed by atoms with E-state index in [-0.39, 0.29) is 22.4 Å². The largest absolute Gasteiger partial charge is 0.511 e. The van der Waals surface area contributed by atoms with Gasteiger partial charge in [-0.05, 0) is 0 Å². The number of alkyl halides is 6. The first-order valence-corrected chi connectivity index (χ1v) is 5.77. The van der Waals surface area contributed by atoms with E-state index in [2.05, 4.69) is 10.3 Å². The van der Waals surface area contributed by atoms with E-state index in [4.69, 9.17) is 0 Å². The van der Waals surface area contributed by atoms with Crippen molar-refractivity contribution in [3.8, 4) is 0 Å². The molecule has 0 aromatic rings. The summed E-state index contributed by atoms with van der Waals surface area (Å²) >= 11 is 0. The van der Waals surface area contributed by atoms with Crippen molar-refractivity contribution in [3.05, 3.63) is 0 Å². The molecule has 1 radical (unpaired) electrons. The molecule has 0 aliphatic heterocycles. The Balaban J connectivity index is -0.000000218. The van der Waals surface area contributed by atoms with Crippen LogP contribution in [0.5, 0.6) is 0 Å². The van der Waals surface area contributed by atoms with Crippen LogP contribution in [-0.2, 0) is 42.4 Å². The average molecular weight is 495 g/mol. The number of rotatable bonds is 0. The van der Waals surface area contributed by atoms with Gasteiger partial charge in [-0.25, -0.2) is 27.1 Å². The second kappa shape index (κ2) is 6.35. The van der Waals surface area contributed by atoms with Crippen LogP contribution in [-0.4, -0.2) is 27.9 Å². The molecule has 0 heterocycles. The van der Waals surface area contributed by atoms with Crippen LogP contribution in [0.3, 0.4) is 0 Å². The Hall–Kier alpha value is 0.140. The summed E-state index contributed by atoms with van der Waals surface area (Å²) in [6, 6.07) is 0. The van der Waals surface area contributed by atoms with Gasteiger partial charge in [0.1, 0.15) is 0 Å². The van der Waals surface area contributed by atoms with Gasteiger partial charge < -0.3 is 0 Å². The van der Waals surface area contributed by atoms with Gasteiger partial charge in [0, 0.05) is 22.4 Å². The van der Waals surface area contributed by atoms with E-state index in [1.807, 2.05) is 0 Å². The van der Waals surface area contributed by atoms with Crippen LogP contribution in [0.2, 0.25) is 0 Å². The summed E-state index contributed by atoms with van der Waals surface area (Å²) in [5.74, 6) is 0. The number of primary sulfonamides is 2. The van der Waals surface area contributed by atoms with Crippen LogP contribution >= 0.6 is 0 Å². The Morgan fingerprint density at radius 1 is 0.647 bits per heavy atom. The van der Waals surface area contributed by atoms with Crippen molar-refractivity contribution in [2.75, 3.05) is 0 Å². The van der Waals surface area contributed by atoms with Crippen molar-refractivity contribution in [2.24, 2.45) is 10.3 Å². The zero-order valence-electron chi connectivity index (χ0n) is 7.17. The Labute approximate surface area is 107 Å². The van der Waals surface area contributed by atoms with Gasteiger partial charge in [0.15, 0.2) is 0 Å². The third-order valence-corrected chi connectivity index (χ3v) is 1.94. The van der Waals surface area contributed by atoms with E-state index in [9.17, 15) is 43.2 Å². The van der Waals surface area contributed by atoms with E-state index >= 15 is 0 Å². The molecule has 111 valence electrons. The van der Waals surface area contributed by atoms with Gasteiger partial charge in [-0.1, -0.05) is 0 Å². The summed E-state index contributed by atoms with van der Waals surface area (Å²) in [5.41, 5.74) is -10.6. The fraction of sp³-hybridized carbons (Fsp3) is 1.00. The molecule has 0 rings (SSSR count). The van der Waals surface area contributed by atoms with Gasteiger partial charge >= 0.3 is 31.1 Å². The van der Waals surface area contributed by atoms with Crippen LogP contribution < -0.4 is 10.3 Å². The molecule has 17 heavy (non-hydrogen) atoms. The number of halogens is 6. The summed E-state index contributed by atoms with van der Waals surface area (Å²) < 4.78 is 102. The summed E-state index contributed by atoms with van der Waals surface area (Å²) in [6.07, 6.45) is 0. The summed E-state index contributed by atoms with van der Waals surface area (Å²) in [4.78, 5) is 0. The first-order valence-electron chi connectivity index (χ1n) is 2.68. The zero-order valence-corrected chi connectivity index (χ0v) is 11.0. The topological polar surface area (TPSA) is 120 Å². The minimum atomic E-state index is -5.34. The van der Waals surface area contributed by atoms with E-state index in [1.165, 1.54) is 0 Å². The molecule has 15 heteroatoms. The Bertz CT molecular complexity index is 380. The molecular formula is C2H4AuF6N2O4S2. The molecule has 0 amide bonds. The Morgan fingerprint density at radius 3 is 0.706 bits per heavy atom. The first kappa shape index (κ1) is 22.3. The van der Waals surface area contributed by atoms with E-state index in [1.54, 1.807) is 0 Å². The normalized spacial score (nSPS) is 13.2. The minimum absolute atomic E-state index is 0. The fourth-order valence-electron chi connectivity index (χ4n) is 0. The molecule has 0 bridgehead atoms. The molecule has 0 saturated heterocycles. The smallest absolute Gasteiger partial charge is 0.221 e. The predicted molar refractivity (Wildman–Crippen MR) is 38.3 cm³/mol. The van der Waals surface area contributed by atoms with Gasteiger partial charge in [-0.15, -0.1) is 0 Å². The maximum atomic E-state index is 10.8. The van der Waals surface area contributed by atoms with Gasteiger partial charge in [0.25, 0.3) is 0 Å². The Morgan fingerprint density at radius 2 is 0.706 bits per heavy atom. The molecular weight excluding hydrogens is 491 g/mol. The molecule has 0 aromatic carbocycles. The number of hydrogen-bond acceptors (Lipinski definition) is 4. The van der Waals surface area contributed by atoms with Gasteiger partial charge in [0.2, 0.25) is 0 Å². The summed E-state index contributed by atoms with van der Waals surface area (Å²) in [6.45, 7) is 0. The monoisotopic (exact) mass is 495 g/mol. The molecule has 0 unspecified atom stereocenters. The van der Waals surface area contributed by atoms with E-state index in [0.29, 0.717) is 0 Å². The average Bonchev–Trinajstić information content (AvgIpc) is 1.77. The second-order valence-corrected chi connectivity index (χ2v) is 5.09. The number of nitrogens with two attached hydrogens (primary N) is 2. The molecule has 0 fully saturated rings. The second-order valence-electron chi connectivity index (χ2n) is 1.98. The fourth-order valence-corrected chi connectivity index (χ4v) is 0. The zero-order chi connectivity index (χ0) is 14.0. The Kier molecular flexibility index (Phi) is 8.34. The van der Waals surface area contributed by atoms with Crippen molar-refractivity contribution in [2.45, 2.75) is 11.0 Å². The van der Waals surface area contributed by atoms with Crippen LogP contribution in [0.15, 0.2) is 0 Å². The number of hydrogen-bond donors (Lipinski definition) is 2. The maximum absolute atomic E-state index is 10.8. The molecule has 0 aromatic heterocycles. The minimum Gasteiger partial charge on any atom is -0.221 e. The molecule has 6 nitrogen and oxygen atoms in total. The van der Waals surface area contributed by atoms with Gasteiger partial charge in [-0.3, -0.25) is 0 Å². The van der Waals surface area contributed by atoms with Gasteiger partial charge in [-0.2, -0.15) is 26.3 Å². The third kappa shape index (κ3) is 9.81. The van der Waals surface area contributed by atoms with Crippen LogP contribution in [0.1, 0.15) is 0 Å². The molecule has 0 atom stereocenters. The van der Waals surface area contributed by atoms with Crippen molar-refractivity contribution >= 4 is 20.0 Å². The van der Waals surface area contributed by atoms with E-state index in [0.717, 1.165) is 0 Å². The molecule has 0 aliphatic carbocycles. The predicted octanol–water partition coefficient (Wildman–Crippen LogP) is -0.413. The first-order chi connectivity index (χ1) is 6.50.